The molecular weight excluding hydrogens is 420 g/mol. The Bertz CT molecular complexity index is 1070. The Balaban J connectivity index is 2.11. The van der Waals surface area contributed by atoms with Gasteiger partial charge in [0.1, 0.15) is 11.5 Å². The molecule has 0 radical (unpaired) electrons. The number of aliphatic hydroxyl groups is 2. The average molecular weight is 442 g/mol. The minimum absolute atomic E-state index is 0.0260. The maximum atomic E-state index is 12.9. The van der Waals surface area contributed by atoms with Crippen LogP contribution in [0.1, 0.15) is 17.2 Å². The van der Waals surface area contributed by atoms with Crippen LogP contribution in [0, 0.1) is 10.1 Å². The summed E-state index contributed by atoms with van der Waals surface area (Å²) in [6.07, 6.45) is 0. The molecule has 0 spiro atoms. The van der Waals surface area contributed by atoms with Crippen LogP contribution in [0.3, 0.4) is 0 Å². The summed E-state index contributed by atoms with van der Waals surface area (Å²) in [5.74, 6) is -1.78. The molecule has 0 aliphatic carbocycles. The van der Waals surface area contributed by atoms with Gasteiger partial charge in [0.2, 0.25) is 0 Å². The highest BCUT2D eigenvalue weighted by molar-refractivity contribution is 6.46. The molecule has 1 heterocycles. The Morgan fingerprint density at radius 2 is 1.91 bits per heavy atom. The average Bonchev–Trinajstić information content (AvgIpc) is 3.06. The number of ketones is 1. The monoisotopic (exact) mass is 442 g/mol. The number of carbonyl (C=O) groups is 2. The highest BCUT2D eigenvalue weighted by Crippen LogP contribution is 2.40. The minimum Gasteiger partial charge on any atom is -0.507 e. The third-order valence-electron chi connectivity index (χ3n) is 4.99. The summed E-state index contributed by atoms with van der Waals surface area (Å²) in [6.45, 7) is -0.0323. The van der Waals surface area contributed by atoms with E-state index in [1.807, 2.05) is 0 Å². The number of Topliss-reactive ketones (excluding diaryl/α,β-unsaturated/α-hetero) is 1. The molecule has 1 unspecified atom stereocenters. The molecule has 1 atom stereocenters. The first-order valence-corrected chi connectivity index (χ1v) is 9.74. The topological polar surface area (TPSA) is 139 Å². The van der Waals surface area contributed by atoms with Crippen LogP contribution in [0.4, 0.5) is 5.69 Å². The zero-order valence-electron chi connectivity index (χ0n) is 17.3. The molecule has 10 nitrogen and oxygen atoms in total. The van der Waals surface area contributed by atoms with E-state index in [2.05, 4.69) is 0 Å². The van der Waals surface area contributed by atoms with Crippen molar-refractivity contribution in [1.29, 1.82) is 0 Å². The van der Waals surface area contributed by atoms with E-state index in [9.17, 15) is 24.8 Å². The number of ether oxygens (including phenoxy) is 2. The number of hydrogen-bond acceptors (Lipinski definition) is 8. The number of rotatable bonds is 9. The second-order valence-electron chi connectivity index (χ2n) is 6.91. The van der Waals surface area contributed by atoms with Crippen LogP contribution in [0.5, 0.6) is 5.75 Å². The fourth-order valence-corrected chi connectivity index (χ4v) is 3.52. The summed E-state index contributed by atoms with van der Waals surface area (Å²) in [5, 5.41) is 31.0. The molecular formula is C22H22N2O8. The standard InChI is InChI=1S/C22H22N2O8/c1-31-17-7-3-4-14(13-17)19-18(20(26)15-5-2-6-16(12-15)24(29)30)21(27)22(28)23(19)8-10-32-11-9-25/h2-7,12-13,19,25-26H,8-11H2,1H3/b20-18+. The lowest BCUT2D eigenvalue weighted by Crippen LogP contribution is -2.33. The quantitative estimate of drug-likeness (QED) is 0.150. The van der Waals surface area contributed by atoms with Crippen LogP contribution in [-0.4, -0.2) is 65.2 Å². The third kappa shape index (κ3) is 4.61. The normalized spacial score (nSPS) is 17.6. The maximum Gasteiger partial charge on any atom is 0.295 e. The van der Waals surface area contributed by atoms with Gasteiger partial charge in [0.15, 0.2) is 0 Å². The summed E-state index contributed by atoms with van der Waals surface area (Å²) in [7, 11) is 1.47. The van der Waals surface area contributed by atoms with Crippen LogP contribution >= 0.6 is 0 Å². The Labute approximate surface area is 183 Å². The van der Waals surface area contributed by atoms with Crippen molar-refractivity contribution in [1.82, 2.24) is 4.90 Å². The number of nitrogens with zero attached hydrogens (tertiary/aromatic N) is 2. The van der Waals surface area contributed by atoms with E-state index in [1.165, 1.54) is 30.2 Å². The fraction of sp³-hybridized carbons (Fsp3) is 0.273. The predicted octanol–water partition coefficient (Wildman–Crippen LogP) is 2.03. The van der Waals surface area contributed by atoms with Crippen molar-refractivity contribution < 1.29 is 34.2 Å². The molecule has 168 valence electrons. The Morgan fingerprint density at radius 1 is 1.16 bits per heavy atom. The number of nitro benzene ring substituents is 1. The van der Waals surface area contributed by atoms with Crippen LogP contribution in [0.2, 0.25) is 0 Å². The van der Waals surface area contributed by atoms with Crippen LogP contribution in [0.15, 0.2) is 54.1 Å². The van der Waals surface area contributed by atoms with E-state index in [1.54, 1.807) is 24.3 Å². The predicted molar refractivity (Wildman–Crippen MR) is 113 cm³/mol. The number of likely N-dealkylation sites (tertiary alicyclic amines) is 1. The molecule has 2 N–H and O–H groups in total. The van der Waals surface area contributed by atoms with Gasteiger partial charge in [-0.15, -0.1) is 0 Å². The van der Waals surface area contributed by atoms with Crippen molar-refractivity contribution in [2.75, 3.05) is 33.5 Å². The van der Waals surface area contributed by atoms with Gasteiger partial charge in [-0.3, -0.25) is 19.7 Å². The molecule has 2 aromatic carbocycles. The number of hydrogen-bond donors (Lipinski definition) is 2. The van der Waals surface area contributed by atoms with Crippen molar-refractivity contribution >= 4 is 23.1 Å². The summed E-state index contributed by atoms with van der Waals surface area (Å²) in [4.78, 5) is 37.5. The first-order chi connectivity index (χ1) is 15.4. The highest BCUT2D eigenvalue weighted by atomic mass is 16.6. The van der Waals surface area contributed by atoms with Crippen molar-refractivity contribution in [2.24, 2.45) is 0 Å². The minimum atomic E-state index is -0.956. The lowest BCUT2D eigenvalue weighted by Gasteiger charge is -2.25. The molecule has 10 heteroatoms. The number of aliphatic hydroxyl groups excluding tert-OH is 2. The smallest absolute Gasteiger partial charge is 0.295 e. The second kappa shape index (κ2) is 10.0. The van der Waals surface area contributed by atoms with Gasteiger partial charge in [-0.25, -0.2) is 0 Å². The van der Waals surface area contributed by atoms with Crippen LogP contribution in [-0.2, 0) is 14.3 Å². The summed E-state index contributed by atoms with van der Waals surface area (Å²) < 4.78 is 10.5. The van der Waals surface area contributed by atoms with E-state index in [0.29, 0.717) is 11.3 Å². The van der Waals surface area contributed by atoms with Gasteiger partial charge in [0.25, 0.3) is 17.4 Å². The largest absolute Gasteiger partial charge is 0.507 e. The molecule has 0 saturated carbocycles. The zero-order chi connectivity index (χ0) is 23.3. The number of non-ortho nitro benzene ring substituents is 1. The van der Waals surface area contributed by atoms with Crippen molar-refractivity contribution in [3.8, 4) is 5.75 Å². The van der Waals surface area contributed by atoms with Crippen LogP contribution in [0.25, 0.3) is 5.76 Å². The molecule has 3 rings (SSSR count). The van der Waals surface area contributed by atoms with E-state index < -0.39 is 28.4 Å². The third-order valence-corrected chi connectivity index (χ3v) is 4.99. The number of amides is 1. The van der Waals surface area contributed by atoms with Gasteiger partial charge in [-0.1, -0.05) is 24.3 Å². The molecule has 1 saturated heterocycles. The number of benzene rings is 2. The van der Waals surface area contributed by atoms with Gasteiger partial charge in [0.05, 0.1) is 43.5 Å². The first kappa shape index (κ1) is 22.9. The SMILES string of the molecule is COc1cccc(C2/C(=C(\O)c3cccc([N+](=O)[O-])c3)C(=O)C(=O)N2CCOCCO)c1. The van der Waals surface area contributed by atoms with Gasteiger partial charge in [0, 0.05) is 24.2 Å². The van der Waals surface area contributed by atoms with E-state index >= 15 is 0 Å². The van der Waals surface area contributed by atoms with E-state index in [4.69, 9.17) is 14.6 Å². The summed E-state index contributed by atoms with van der Waals surface area (Å²) in [6, 6.07) is 10.9. The highest BCUT2D eigenvalue weighted by Gasteiger charge is 2.46. The molecule has 1 amide bonds. The Morgan fingerprint density at radius 3 is 2.59 bits per heavy atom. The maximum absolute atomic E-state index is 12.9. The molecule has 32 heavy (non-hydrogen) atoms. The lowest BCUT2D eigenvalue weighted by atomic mass is 9.95. The molecule has 1 aliphatic heterocycles. The fourth-order valence-electron chi connectivity index (χ4n) is 3.52. The van der Waals surface area contributed by atoms with Crippen molar-refractivity contribution in [3.05, 3.63) is 75.3 Å². The van der Waals surface area contributed by atoms with Gasteiger partial charge < -0.3 is 24.6 Å². The number of carbonyl (C=O) groups excluding carboxylic acids is 2. The summed E-state index contributed by atoms with van der Waals surface area (Å²) in [5.41, 5.74) is 0.101. The van der Waals surface area contributed by atoms with Crippen molar-refractivity contribution in [3.63, 3.8) is 0 Å². The van der Waals surface area contributed by atoms with E-state index in [-0.39, 0.29) is 43.2 Å². The van der Waals surface area contributed by atoms with Crippen LogP contribution < -0.4 is 4.74 Å². The van der Waals surface area contributed by atoms with Crippen molar-refractivity contribution in [2.45, 2.75) is 6.04 Å². The molecule has 2 aromatic rings. The van der Waals surface area contributed by atoms with E-state index in [0.717, 1.165) is 6.07 Å². The lowest BCUT2D eigenvalue weighted by molar-refractivity contribution is -0.384. The first-order valence-electron chi connectivity index (χ1n) is 9.74. The zero-order valence-corrected chi connectivity index (χ0v) is 17.3. The van der Waals surface area contributed by atoms with Gasteiger partial charge in [-0.2, -0.15) is 0 Å². The molecule has 1 fully saturated rings. The Kier molecular flexibility index (Phi) is 7.18. The Hall–Kier alpha value is -3.76. The summed E-state index contributed by atoms with van der Waals surface area (Å²) >= 11 is 0. The van der Waals surface area contributed by atoms with Gasteiger partial charge in [-0.05, 0) is 17.7 Å². The number of nitro groups is 1. The molecule has 1 aliphatic rings. The van der Waals surface area contributed by atoms with Gasteiger partial charge >= 0.3 is 0 Å². The second-order valence-corrected chi connectivity index (χ2v) is 6.91. The molecule has 0 aromatic heterocycles. The molecule has 0 bridgehead atoms. The number of methoxy groups -OCH3 is 1.